The minimum absolute atomic E-state index is 0.262. The fraction of sp³-hybridized carbons (Fsp3) is 0.200. The fourth-order valence-electron chi connectivity index (χ4n) is 2.99. The molecule has 1 heterocycles. The first-order valence-corrected chi connectivity index (χ1v) is 13.0. The van der Waals surface area contributed by atoms with Crippen LogP contribution < -0.4 is 9.91 Å². The molecule has 3 rings (SSSR count). The van der Waals surface area contributed by atoms with Crippen LogP contribution in [0.2, 0.25) is 13.1 Å². The second-order valence-corrected chi connectivity index (χ2v) is 13.3. The summed E-state index contributed by atoms with van der Waals surface area (Å²) in [5, 5.41) is 1.16. The summed E-state index contributed by atoms with van der Waals surface area (Å²) < 4.78 is 34.5. The van der Waals surface area contributed by atoms with Crippen LogP contribution in [0.4, 0.5) is 0 Å². The van der Waals surface area contributed by atoms with E-state index in [-0.39, 0.29) is 4.90 Å². The van der Waals surface area contributed by atoms with Gasteiger partial charge in [0.15, 0.2) is 0 Å². The quantitative estimate of drug-likeness (QED) is 0.657. The van der Waals surface area contributed by atoms with Crippen molar-refractivity contribution >= 4 is 23.3 Å². The van der Waals surface area contributed by atoms with Crippen LogP contribution in [0.3, 0.4) is 0 Å². The van der Waals surface area contributed by atoms with E-state index in [2.05, 4.69) is 29.9 Å². The molecule has 0 unspecified atom stereocenters. The van der Waals surface area contributed by atoms with E-state index in [0.29, 0.717) is 5.76 Å². The van der Waals surface area contributed by atoms with Crippen molar-refractivity contribution in [3.05, 3.63) is 84.3 Å². The average Bonchev–Trinajstić information content (AvgIpc) is 3.15. The summed E-state index contributed by atoms with van der Waals surface area (Å²) in [7, 11) is -5.92. The molecule has 2 aromatic carbocycles. The molecule has 1 N–H and O–H groups in total. The van der Waals surface area contributed by atoms with Crippen molar-refractivity contribution in [3.63, 3.8) is 0 Å². The van der Waals surface area contributed by atoms with Gasteiger partial charge in [0.05, 0.1) is 16.8 Å². The minimum Gasteiger partial charge on any atom is -0.468 e. The normalized spacial score (nSPS) is 13.5. The maximum Gasteiger partial charge on any atom is 0.240 e. The van der Waals surface area contributed by atoms with Crippen molar-refractivity contribution in [2.24, 2.45) is 0 Å². The third-order valence-corrected chi connectivity index (χ3v) is 10.0. The van der Waals surface area contributed by atoms with Crippen LogP contribution in [0.25, 0.3) is 0 Å². The van der Waals surface area contributed by atoms with Gasteiger partial charge in [0, 0.05) is 0 Å². The molecular formula is C20H23NO3SSi. The largest absolute Gasteiger partial charge is 0.468 e. The Kier molecular flexibility index (Phi) is 5.18. The lowest BCUT2D eigenvalue weighted by molar-refractivity contribution is 0.486. The summed E-state index contributed by atoms with van der Waals surface area (Å²) in [5.74, 6) is 0.640. The topological polar surface area (TPSA) is 59.3 Å². The van der Waals surface area contributed by atoms with Gasteiger partial charge in [0.2, 0.25) is 10.0 Å². The zero-order valence-corrected chi connectivity index (χ0v) is 17.0. The van der Waals surface area contributed by atoms with E-state index in [1.54, 1.807) is 36.6 Å². The number of sulfonamides is 1. The Bertz CT molecular complexity index is 950. The number of hydrogen-bond donors (Lipinski definition) is 1. The SMILES string of the molecule is Cc1ccc(S(=O)(=O)N[C@@H](c2ccco2)[Si](C)(C)c2ccccc2)cc1. The molecule has 0 fully saturated rings. The highest BCUT2D eigenvalue weighted by Gasteiger charge is 2.39. The summed E-state index contributed by atoms with van der Waals surface area (Å²) in [4.78, 5) is 0.262. The number of benzene rings is 2. The molecule has 0 aliphatic rings. The number of furan rings is 1. The van der Waals surface area contributed by atoms with Gasteiger partial charge in [-0.3, -0.25) is 0 Å². The number of rotatable bonds is 6. The van der Waals surface area contributed by atoms with Gasteiger partial charge in [-0.05, 0) is 31.2 Å². The molecule has 0 spiro atoms. The van der Waals surface area contributed by atoms with E-state index < -0.39 is 23.8 Å². The van der Waals surface area contributed by atoms with E-state index in [4.69, 9.17) is 4.42 Å². The zero-order chi connectivity index (χ0) is 18.8. The second-order valence-electron chi connectivity index (χ2n) is 6.97. The third kappa shape index (κ3) is 3.82. The molecule has 0 aliphatic carbocycles. The summed E-state index contributed by atoms with van der Waals surface area (Å²) in [5.41, 5.74) is 0.608. The Morgan fingerprint density at radius 2 is 1.58 bits per heavy atom. The highest BCUT2D eigenvalue weighted by molar-refractivity contribution is 7.89. The van der Waals surface area contributed by atoms with Crippen molar-refractivity contribution in [2.45, 2.75) is 30.6 Å². The maximum absolute atomic E-state index is 13.0. The summed E-state index contributed by atoms with van der Waals surface area (Å²) in [6.45, 7) is 6.22. The molecule has 0 radical (unpaired) electrons. The molecule has 0 bridgehead atoms. The first-order valence-electron chi connectivity index (χ1n) is 8.48. The molecule has 4 nitrogen and oxygen atoms in total. The lowest BCUT2D eigenvalue weighted by atomic mass is 10.2. The minimum atomic E-state index is -3.67. The first-order chi connectivity index (χ1) is 12.3. The Balaban J connectivity index is 2.02. The average molecular weight is 386 g/mol. The fourth-order valence-corrected chi connectivity index (χ4v) is 7.95. The van der Waals surface area contributed by atoms with E-state index in [0.717, 1.165) is 10.8 Å². The predicted octanol–water partition coefficient (Wildman–Crippen LogP) is 3.76. The molecule has 3 aromatic rings. The second kappa shape index (κ2) is 7.23. The molecule has 0 saturated carbocycles. The molecular weight excluding hydrogens is 362 g/mol. The molecule has 0 aliphatic heterocycles. The van der Waals surface area contributed by atoms with Gasteiger partial charge in [0.1, 0.15) is 13.8 Å². The van der Waals surface area contributed by atoms with Gasteiger partial charge in [-0.1, -0.05) is 66.3 Å². The zero-order valence-electron chi connectivity index (χ0n) is 15.1. The lowest BCUT2D eigenvalue weighted by Gasteiger charge is -2.32. The van der Waals surface area contributed by atoms with Gasteiger partial charge in [-0.15, -0.1) is 0 Å². The molecule has 0 saturated heterocycles. The Morgan fingerprint density at radius 1 is 0.923 bits per heavy atom. The van der Waals surface area contributed by atoms with Crippen molar-refractivity contribution in [2.75, 3.05) is 0 Å². The number of aryl methyl sites for hydroxylation is 1. The summed E-state index contributed by atoms with van der Waals surface area (Å²) in [6.07, 6.45) is 1.58. The molecule has 6 heteroatoms. The predicted molar refractivity (Wildman–Crippen MR) is 107 cm³/mol. The van der Waals surface area contributed by atoms with Gasteiger partial charge in [-0.25, -0.2) is 13.1 Å². The Hall–Kier alpha value is -2.15. The van der Waals surface area contributed by atoms with Gasteiger partial charge in [-0.2, -0.15) is 0 Å². The van der Waals surface area contributed by atoms with E-state index in [1.165, 1.54) is 0 Å². The monoisotopic (exact) mass is 385 g/mol. The van der Waals surface area contributed by atoms with Crippen molar-refractivity contribution < 1.29 is 12.8 Å². The van der Waals surface area contributed by atoms with Crippen LogP contribution >= 0.6 is 0 Å². The standard InChI is InChI=1S/C20H23NO3SSi/c1-16-11-13-17(14-12-16)25(22,23)21-20(19-10-7-15-24-19)26(2,3)18-8-5-4-6-9-18/h4-15,20-21H,1-3H3/t20-/m1/s1. The molecule has 0 amide bonds. The van der Waals surface area contributed by atoms with Crippen molar-refractivity contribution in [1.29, 1.82) is 0 Å². The number of hydrogen-bond acceptors (Lipinski definition) is 3. The van der Waals surface area contributed by atoms with E-state index in [1.807, 2.05) is 31.2 Å². The van der Waals surface area contributed by atoms with Crippen molar-refractivity contribution in [3.8, 4) is 0 Å². The molecule has 136 valence electrons. The first kappa shape index (κ1) is 18.6. The van der Waals surface area contributed by atoms with Crippen molar-refractivity contribution in [1.82, 2.24) is 4.72 Å². The van der Waals surface area contributed by atoms with E-state index in [9.17, 15) is 8.42 Å². The lowest BCUT2D eigenvalue weighted by Crippen LogP contribution is -2.54. The summed E-state index contributed by atoms with van der Waals surface area (Å²) in [6, 6.07) is 20.5. The van der Waals surface area contributed by atoms with Gasteiger partial charge in [0.25, 0.3) is 0 Å². The molecule has 1 atom stereocenters. The third-order valence-electron chi connectivity index (χ3n) is 4.67. The summed E-state index contributed by atoms with van der Waals surface area (Å²) >= 11 is 0. The van der Waals surface area contributed by atoms with Gasteiger partial charge < -0.3 is 4.42 Å². The molecule has 26 heavy (non-hydrogen) atoms. The van der Waals surface area contributed by atoms with Crippen LogP contribution in [0.5, 0.6) is 0 Å². The highest BCUT2D eigenvalue weighted by Crippen LogP contribution is 2.27. The number of nitrogens with one attached hydrogen (secondary N) is 1. The van der Waals surface area contributed by atoms with Crippen LogP contribution in [-0.2, 0) is 10.0 Å². The maximum atomic E-state index is 13.0. The smallest absolute Gasteiger partial charge is 0.240 e. The van der Waals surface area contributed by atoms with Crippen LogP contribution in [0.1, 0.15) is 17.0 Å². The highest BCUT2D eigenvalue weighted by atomic mass is 32.2. The van der Waals surface area contributed by atoms with E-state index >= 15 is 0 Å². The van der Waals surface area contributed by atoms with Crippen LogP contribution in [0, 0.1) is 6.92 Å². The van der Waals surface area contributed by atoms with Gasteiger partial charge >= 0.3 is 0 Å². The molecule has 1 aromatic heterocycles. The van der Waals surface area contributed by atoms with Crippen LogP contribution in [0.15, 0.2) is 82.3 Å². The Labute approximate surface area is 155 Å². The Morgan fingerprint density at radius 3 is 2.15 bits per heavy atom. The van der Waals surface area contributed by atoms with Crippen LogP contribution in [-0.4, -0.2) is 16.5 Å².